The van der Waals surface area contributed by atoms with Gasteiger partial charge in [-0.1, -0.05) is 45.0 Å². The number of aryl methyl sites for hydroxylation is 1. The third kappa shape index (κ3) is 3.25. The number of aromatic nitrogens is 2. The smallest absolute Gasteiger partial charge is 0.0803 e. The van der Waals surface area contributed by atoms with Gasteiger partial charge in [-0.2, -0.15) is 0 Å². The number of rotatable bonds is 7. The molecule has 0 saturated carbocycles. The van der Waals surface area contributed by atoms with E-state index in [0.29, 0.717) is 12.0 Å². The van der Waals surface area contributed by atoms with Gasteiger partial charge in [-0.25, -0.2) is 0 Å². The predicted octanol–water partition coefficient (Wildman–Crippen LogP) is 3.19. The molecule has 0 fully saturated rings. The summed E-state index contributed by atoms with van der Waals surface area (Å²) in [5, 5.41) is 7.82. The van der Waals surface area contributed by atoms with E-state index in [2.05, 4.69) is 42.6 Å². The lowest BCUT2D eigenvalue weighted by molar-refractivity contribution is 0.386. The van der Waals surface area contributed by atoms with E-state index in [0.717, 1.165) is 19.4 Å². The minimum atomic E-state index is 0.427. The molecule has 0 spiro atoms. The van der Waals surface area contributed by atoms with Crippen molar-refractivity contribution in [3.8, 4) is 0 Å². The Labute approximate surface area is 103 Å². The van der Waals surface area contributed by atoms with Crippen molar-refractivity contribution in [1.29, 1.82) is 0 Å². The third-order valence-electron chi connectivity index (χ3n) is 2.99. The summed E-state index contributed by atoms with van der Waals surface area (Å²) in [4.78, 5) is 1.35. The molecule has 1 aromatic rings. The molecule has 4 heteroatoms. The van der Waals surface area contributed by atoms with E-state index >= 15 is 0 Å². The second-order valence-electron chi connectivity index (χ2n) is 4.25. The largest absolute Gasteiger partial charge is 0.309 e. The Kier molecular flexibility index (Phi) is 5.91. The molecule has 0 aliphatic heterocycles. The number of nitrogens with zero attached hydrogens (tertiary/aromatic N) is 2. The van der Waals surface area contributed by atoms with Crippen LogP contribution in [0.5, 0.6) is 0 Å². The molecule has 0 aliphatic carbocycles. The fraction of sp³-hybridized carbons (Fsp3) is 0.833. The van der Waals surface area contributed by atoms with Crippen LogP contribution in [0.25, 0.3) is 0 Å². The lowest BCUT2D eigenvalue weighted by atomic mass is 9.96. The maximum Gasteiger partial charge on any atom is 0.0803 e. The van der Waals surface area contributed by atoms with Crippen molar-refractivity contribution in [2.75, 3.05) is 6.54 Å². The summed E-state index contributed by atoms with van der Waals surface area (Å²) >= 11 is 1.56. The summed E-state index contributed by atoms with van der Waals surface area (Å²) in [5.74, 6) is 0.637. The van der Waals surface area contributed by atoms with Crippen molar-refractivity contribution in [1.82, 2.24) is 14.9 Å². The van der Waals surface area contributed by atoms with Gasteiger partial charge in [0.2, 0.25) is 0 Å². The molecule has 0 radical (unpaired) electrons. The molecule has 16 heavy (non-hydrogen) atoms. The van der Waals surface area contributed by atoms with Gasteiger partial charge in [-0.15, -0.1) is 5.10 Å². The van der Waals surface area contributed by atoms with Gasteiger partial charge in [-0.05, 0) is 30.4 Å². The molecule has 1 aromatic heterocycles. The van der Waals surface area contributed by atoms with Crippen LogP contribution in [0.1, 0.15) is 57.1 Å². The van der Waals surface area contributed by atoms with Crippen LogP contribution in [0.3, 0.4) is 0 Å². The zero-order chi connectivity index (χ0) is 12.0. The van der Waals surface area contributed by atoms with E-state index < -0.39 is 0 Å². The first-order valence-electron chi connectivity index (χ1n) is 6.29. The van der Waals surface area contributed by atoms with Crippen LogP contribution in [-0.2, 0) is 6.42 Å². The van der Waals surface area contributed by atoms with E-state index in [1.165, 1.54) is 17.0 Å². The SMILES string of the molecule is CCCc1nnsc1C(NCC)C(C)CC. The van der Waals surface area contributed by atoms with Gasteiger partial charge in [0.1, 0.15) is 0 Å². The molecule has 3 nitrogen and oxygen atoms in total. The van der Waals surface area contributed by atoms with Gasteiger partial charge in [0.25, 0.3) is 0 Å². The molecule has 1 heterocycles. The van der Waals surface area contributed by atoms with E-state index in [4.69, 9.17) is 0 Å². The second-order valence-corrected chi connectivity index (χ2v) is 5.04. The predicted molar refractivity (Wildman–Crippen MR) is 69.8 cm³/mol. The van der Waals surface area contributed by atoms with Crippen LogP contribution in [-0.4, -0.2) is 16.1 Å². The quantitative estimate of drug-likeness (QED) is 0.796. The Hall–Kier alpha value is -0.480. The highest BCUT2D eigenvalue weighted by molar-refractivity contribution is 7.05. The molecule has 2 atom stereocenters. The molecule has 0 amide bonds. The summed E-state index contributed by atoms with van der Waals surface area (Å²) in [6.45, 7) is 9.88. The highest BCUT2D eigenvalue weighted by Crippen LogP contribution is 2.29. The lowest BCUT2D eigenvalue weighted by Crippen LogP contribution is -2.26. The fourth-order valence-corrected chi connectivity index (χ4v) is 2.77. The molecule has 2 unspecified atom stereocenters. The topological polar surface area (TPSA) is 37.8 Å². The standard InChI is InChI=1S/C12H23N3S/c1-5-8-10-12(16-15-14-10)11(13-7-3)9(4)6-2/h9,11,13H,5-8H2,1-4H3. The van der Waals surface area contributed by atoms with Gasteiger partial charge in [-0.3, -0.25) is 0 Å². The van der Waals surface area contributed by atoms with Crippen molar-refractivity contribution >= 4 is 11.5 Å². The lowest BCUT2D eigenvalue weighted by Gasteiger charge is -2.23. The highest BCUT2D eigenvalue weighted by Gasteiger charge is 2.22. The molecule has 92 valence electrons. The monoisotopic (exact) mass is 241 g/mol. The molecule has 1 rings (SSSR count). The van der Waals surface area contributed by atoms with Crippen molar-refractivity contribution in [3.05, 3.63) is 10.6 Å². The Morgan fingerprint density at radius 2 is 2.06 bits per heavy atom. The molecular formula is C12H23N3S. The summed E-state index contributed by atoms with van der Waals surface area (Å²) in [7, 11) is 0. The van der Waals surface area contributed by atoms with Crippen molar-refractivity contribution < 1.29 is 0 Å². The Morgan fingerprint density at radius 1 is 1.31 bits per heavy atom. The average molecular weight is 241 g/mol. The van der Waals surface area contributed by atoms with Gasteiger partial charge in [0, 0.05) is 6.04 Å². The minimum absolute atomic E-state index is 0.427. The third-order valence-corrected chi connectivity index (χ3v) is 3.84. The molecule has 0 aromatic carbocycles. The van der Waals surface area contributed by atoms with Crippen LogP contribution < -0.4 is 5.32 Å². The first-order chi connectivity index (χ1) is 7.74. The van der Waals surface area contributed by atoms with Crippen molar-refractivity contribution in [2.45, 2.75) is 53.0 Å². The van der Waals surface area contributed by atoms with E-state index in [9.17, 15) is 0 Å². The minimum Gasteiger partial charge on any atom is -0.309 e. The van der Waals surface area contributed by atoms with Gasteiger partial charge in [0.05, 0.1) is 10.6 Å². The first kappa shape index (κ1) is 13.6. The molecule has 0 aliphatic rings. The number of hydrogen-bond acceptors (Lipinski definition) is 4. The van der Waals surface area contributed by atoms with Gasteiger partial charge >= 0.3 is 0 Å². The summed E-state index contributed by atoms with van der Waals surface area (Å²) in [6, 6.07) is 0.427. The maximum atomic E-state index is 4.25. The first-order valence-corrected chi connectivity index (χ1v) is 7.06. The summed E-state index contributed by atoms with van der Waals surface area (Å²) < 4.78 is 4.11. The average Bonchev–Trinajstić information content (AvgIpc) is 2.73. The van der Waals surface area contributed by atoms with Gasteiger partial charge in [0.15, 0.2) is 0 Å². The Morgan fingerprint density at radius 3 is 2.62 bits per heavy atom. The van der Waals surface area contributed by atoms with Crippen molar-refractivity contribution in [2.24, 2.45) is 5.92 Å². The van der Waals surface area contributed by atoms with E-state index in [1.54, 1.807) is 11.5 Å². The maximum absolute atomic E-state index is 4.25. The molecular weight excluding hydrogens is 218 g/mol. The highest BCUT2D eigenvalue weighted by atomic mass is 32.1. The van der Waals surface area contributed by atoms with Crippen LogP contribution in [0.4, 0.5) is 0 Å². The van der Waals surface area contributed by atoms with Crippen LogP contribution in [0.2, 0.25) is 0 Å². The van der Waals surface area contributed by atoms with Crippen LogP contribution in [0.15, 0.2) is 0 Å². The normalized spacial score (nSPS) is 15.0. The molecule has 0 bridgehead atoms. The van der Waals surface area contributed by atoms with Crippen molar-refractivity contribution in [3.63, 3.8) is 0 Å². The van der Waals surface area contributed by atoms with E-state index in [-0.39, 0.29) is 0 Å². The van der Waals surface area contributed by atoms with Gasteiger partial charge < -0.3 is 5.32 Å². The summed E-state index contributed by atoms with van der Waals surface area (Å²) in [6.07, 6.45) is 3.36. The molecule has 1 N–H and O–H groups in total. The zero-order valence-electron chi connectivity index (χ0n) is 10.8. The van der Waals surface area contributed by atoms with E-state index in [1.807, 2.05) is 0 Å². The Bertz CT molecular complexity index is 298. The Balaban J connectivity index is 2.86. The second kappa shape index (κ2) is 6.97. The van der Waals surface area contributed by atoms with Crippen LogP contribution >= 0.6 is 11.5 Å². The zero-order valence-corrected chi connectivity index (χ0v) is 11.6. The molecule has 0 saturated heterocycles. The fourth-order valence-electron chi connectivity index (χ4n) is 1.87. The number of nitrogens with one attached hydrogen (secondary N) is 1. The van der Waals surface area contributed by atoms with Crippen LogP contribution in [0, 0.1) is 5.92 Å². The summed E-state index contributed by atoms with van der Waals surface area (Å²) in [5.41, 5.74) is 1.19. The number of hydrogen-bond donors (Lipinski definition) is 1.